The Balaban J connectivity index is 1.87. The number of nitrogens with one attached hydrogen (secondary N) is 1. The maximum absolute atomic E-state index is 13.0. The van der Waals surface area contributed by atoms with Crippen molar-refractivity contribution < 1.29 is 19.4 Å². The summed E-state index contributed by atoms with van der Waals surface area (Å²) in [6.45, 7) is 3.38. The van der Waals surface area contributed by atoms with Gasteiger partial charge in [-0.25, -0.2) is 0 Å². The Bertz CT molecular complexity index is 808. The molecule has 0 bridgehead atoms. The molecule has 3 atom stereocenters. The molecule has 3 rings (SSSR count). The molecular formula is C22H26N2O4. The monoisotopic (exact) mass is 382 g/mol. The van der Waals surface area contributed by atoms with E-state index in [4.69, 9.17) is 4.74 Å². The van der Waals surface area contributed by atoms with E-state index in [2.05, 4.69) is 5.32 Å². The van der Waals surface area contributed by atoms with Crippen LogP contribution in [0, 0.1) is 0 Å². The molecular weight excluding hydrogens is 356 g/mol. The van der Waals surface area contributed by atoms with Crippen molar-refractivity contribution in [2.45, 2.75) is 38.0 Å². The molecule has 28 heavy (non-hydrogen) atoms. The number of hydrogen-bond acceptors (Lipinski definition) is 4. The number of nitrogens with zero attached hydrogens (tertiary/aromatic N) is 1. The van der Waals surface area contributed by atoms with E-state index in [0.717, 1.165) is 5.56 Å². The lowest BCUT2D eigenvalue weighted by Gasteiger charge is -2.49. The fraction of sp³-hybridized carbons (Fsp3) is 0.364. The molecule has 1 aliphatic rings. The summed E-state index contributed by atoms with van der Waals surface area (Å²) in [5, 5.41) is 13.8. The van der Waals surface area contributed by atoms with Gasteiger partial charge >= 0.3 is 0 Å². The summed E-state index contributed by atoms with van der Waals surface area (Å²) in [6, 6.07) is 17.5. The van der Waals surface area contributed by atoms with Crippen LogP contribution in [0.3, 0.4) is 0 Å². The van der Waals surface area contributed by atoms with Crippen LogP contribution in [0.25, 0.3) is 0 Å². The van der Waals surface area contributed by atoms with Crippen molar-refractivity contribution in [1.82, 2.24) is 10.2 Å². The van der Waals surface area contributed by atoms with Crippen molar-refractivity contribution in [2.75, 3.05) is 13.2 Å². The first kappa shape index (κ1) is 19.9. The SMILES string of the molecule is CC(=O)NC1C(c2ccccc2)N(C(=O)COc2ccccc2)CCC1(C)O. The van der Waals surface area contributed by atoms with E-state index >= 15 is 0 Å². The maximum Gasteiger partial charge on any atom is 0.261 e. The first-order chi connectivity index (χ1) is 13.4. The number of aliphatic hydroxyl groups is 1. The van der Waals surface area contributed by atoms with Crippen LogP contribution < -0.4 is 10.1 Å². The lowest BCUT2D eigenvalue weighted by molar-refractivity contribution is -0.147. The summed E-state index contributed by atoms with van der Waals surface area (Å²) in [7, 11) is 0. The number of rotatable bonds is 5. The van der Waals surface area contributed by atoms with Crippen LogP contribution >= 0.6 is 0 Å². The van der Waals surface area contributed by atoms with E-state index in [1.54, 1.807) is 24.0 Å². The molecule has 6 nitrogen and oxygen atoms in total. The normalized spacial score (nSPS) is 24.5. The average Bonchev–Trinajstić information content (AvgIpc) is 2.68. The number of benzene rings is 2. The number of likely N-dealkylation sites (tertiary alicyclic amines) is 1. The second kappa shape index (κ2) is 8.44. The van der Waals surface area contributed by atoms with E-state index in [1.165, 1.54) is 6.92 Å². The smallest absolute Gasteiger partial charge is 0.261 e. The van der Waals surface area contributed by atoms with Crippen molar-refractivity contribution in [1.29, 1.82) is 0 Å². The zero-order valence-electron chi connectivity index (χ0n) is 16.2. The van der Waals surface area contributed by atoms with E-state index in [0.29, 0.717) is 18.7 Å². The van der Waals surface area contributed by atoms with Crippen LogP contribution in [0.2, 0.25) is 0 Å². The highest BCUT2D eigenvalue weighted by molar-refractivity contribution is 5.79. The molecule has 1 fully saturated rings. The summed E-state index contributed by atoms with van der Waals surface area (Å²) >= 11 is 0. The third kappa shape index (κ3) is 4.51. The molecule has 0 radical (unpaired) electrons. The van der Waals surface area contributed by atoms with Gasteiger partial charge in [-0.1, -0.05) is 48.5 Å². The number of ether oxygens (including phenoxy) is 1. The Morgan fingerprint density at radius 1 is 1.14 bits per heavy atom. The van der Waals surface area contributed by atoms with Crippen LogP contribution in [-0.2, 0) is 9.59 Å². The molecule has 0 aromatic heterocycles. The van der Waals surface area contributed by atoms with Crippen LogP contribution in [-0.4, -0.2) is 46.6 Å². The van der Waals surface area contributed by atoms with Crippen LogP contribution in [0.15, 0.2) is 60.7 Å². The van der Waals surface area contributed by atoms with Gasteiger partial charge in [0.25, 0.3) is 5.91 Å². The summed E-state index contributed by atoms with van der Waals surface area (Å²) in [6.07, 6.45) is 0.359. The fourth-order valence-corrected chi connectivity index (χ4v) is 3.66. The molecule has 3 unspecified atom stereocenters. The Morgan fingerprint density at radius 3 is 2.36 bits per heavy atom. The highest BCUT2D eigenvalue weighted by Crippen LogP contribution is 2.37. The first-order valence-corrected chi connectivity index (χ1v) is 9.40. The van der Waals surface area contributed by atoms with Crippen LogP contribution in [0.1, 0.15) is 31.9 Å². The number of carbonyl (C=O) groups excluding carboxylic acids is 2. The Hall–Kier alpha value is -2.86. The molecule has 148 valence electrons. The minimum absolute atomic E-state index is 0.109. The zero-order chi connectivity index (χ0) is 20.1. The van der Waals surface area contributed by atoms with Gasteiger partial charge in [0.2, 0.25) is 5.91 Å². The molecule has 0 saturated carbocycles. The molecule has 1 saturated heterocycles. The molecule has 1 heterocycles. The second-order valence-electron chi connectivity index (χ2n) is 7.33. The molecule has 2 N–H and O–H groups in total. The highest BCUT2D eigenvalue weighted by Gasteiger charge is 2.47. The summed E-state index contributed by atoms with van der Waals surface area (Å²) in [5.41, 5.74) is -0.280. The summed E-state index contributed by atoms with van der Waals surface area (Å²) < 4.78 is 5.63. The van der Waals surface area contributed by atoms with Gasteiger partial charge in [0.1, 0.15) is 5.75 Å². The number of hydrogen-bond donors (Lipinski definition) is 2. The van der Waals surface area contributed by atoms with Gasteiger partial charge in [-0.15, -0.1) is 0 Å². The third-order valence-electron chi connectivity index (χ3n) is 5.11. The predicted molar refractivity (Wildman–Crippen MR) is 106 cm³/mol. The van der Waals surface area contributed by atoms with E-state index in [-0.39, 0.29) is 18.4 Å². The van der Waals surface area contributed by atoms with Gasteiger partial charge in [-0.2, -0.15) is 0 Å². The van der Waals surface area contributed by atoms with Crippen molar-refractivity contribution in [3.63, 3.8) is 0 Å². The van der Waals surface area contributed by atoms with Crippen LogP contribution in [0.5, 0.6) is 5.75 Å². The second-order valence-corrected chi connectivity index (χ2v) is 7.33. The number of carbonyl (C=O) groups is 2. The molecule has 0 spiro atoms. The quantitative estimate of drug-likeness (QED) is 0.832. The molecule has 2 amide bonds. The Kier molecular flexibility index (Phi) is 5.99. The average molecular weight is 382 g/mol. The van der Waals surface area contributed by atoms with E-state index < -0.39 is 17.7 Å². The van der Waals surface area contributed by atoms with Crippen LogP contribution in [0.4, 0.5) is 0 Å². The lowest BCUT2D eigenvalue weighted by atomic mass is 9.79. The zero-order valence-corrected chi connectivity index (χ0v) is 16.2. The highest BCUT2D eigenvalue weighted by atomic mass is 16.5. The van der Waals surface area contributed by atoms with Gasteiger partial charge in [0.15, 0.2) is 6.61 Å². The minimum atomic E-state index is -1.14. The van der Waals surface area contributed by atoms with Gasteiger partial charge in [0, 0.05) is 13.5 Å². The summed E-state index contributed by atoms with van der Waals surface area (Å²) in [4.78, 5) is 26.5. The Morgan fingerprint density at radius 2 is 1.75 bits per heavy atom. The third-order valence-corrected chi connectivity index (χ3v) is 5.11. The van der Waals surface area contributed by atoms with Gasteiger partial charge in [-0.05, 0) is 31.0 Å². The molecule has 0 aliphatic carbocycles. The number of piperidine rings is 1. The topological polar surface area (TPSA) is 78.9 Å². The van der Waals surface area contributed by atoms with Crippen molar-refractivity contribution >= 4 is 11.8 Å². The van der Waals surface area contributed by atoms with E-state index in [1.807, 2.05) is 48.5 Å². The van der Waals surface area contributed by atoms with Gasteiger partial charge in [0.05, 0.1) is 17.7 Å². The lowest BCUT2D eigenvalue weighted by Crippen LogP contribution is -2.63. The van der Waals surface area contributed by atoms with Gasteiger partial charge in [-0.3, -0.25) is 9.59 Å². The molecule has 1 aliphatic heterocycles. The van der Waals surface area contributed by atoms with Crippen molar-refractivity contribution in [3.05, 3.63) is 66.2 Å². The first-order valence-electron chi connectivity index (χ1n) is 9.40. The predicted octanol–water partition coefficient (Wildman–Crippen LogP) is 2.29. The van der Waals surface area contributed by atoms with Crippen molar-refractivity contribution in [3.8, 4) is 5.75 Å². The minimum Gasteiger partial charge on any atom is -0.484 e. The van der Waals surface area contributed by atoms with Gasteiger partial charge < -0.3 is 20.1 Å². The maximum atomic E-state index is 13.0. The largest absolute Gasteiger partial charge is 0.484 e. The molecule has 2 aromatic rings. The van der Waals surface area contributed by atoms with E-state index in [9.17, 15) is 14.7 Å². The summed E-state index contributed by atoms with van der Waals surface area (Å²) in [5.74, 6) is 0.180. The standard InChI is InChI=1S/C22H26N2O4/c1-16(25)23-21-20(17-9-5-3-6-10-17)24(14-13-22(21,2)27)19(26)15-28-18-11-7-4-8-12-18/h3-12,20-21,27H,13-15H2,1-2H3,(H,23,25). The fourth-order valence-electron chi connectivity index (χ4n) is 3.66. The molecule has 6 heteroatoms. The van der Waals surface area contributed by atoms with Crippen molar-refractivity contribution in [2.24, 2.45) is 0 Å². The Labute approximate surface area is 165 Å². The number of para-hydroxylation sites is 1. The molecule has 2 aromatic carbocycles. The number of amides is 2.